The molecule has 1 aliphatic rings. The summed E-state index contributed by atoms with van der Waals surface area (Å²) in [7, 11) is 0. The number of nitro groups is 1. The maximum atomic E-state index is 13.3. The van der Waals surface area contributed by atoms with Crippen molar-refractivity contribution < 1.29 is 9.66 Å². The Kier molecular flexibility index (Phi) is 6.64. The predicted molar refractivity (Wildman–Crippen MR) is 127 cm³/mol. The molecule has 0 saturated heterocycles. The molecule has 4 rings (SSSR count). The zero-order valence-corrected chi connectivity index (χ0v) is 19.2. The molecule has 2 aromatic carbocycles. The lowest BCUT2D eigenvalue weighted by Crippen LogP contribution is -2.25. The third-order valence-corrected chi connectivity index (χ3v) is 6.19. The van der Waals surface area contributed by atoms with Crippen LogP contribution in [0, 0.1) is 10.1 Å². The molecule has 0 bridgehead atoms. The van der Waals surface area contributed by atoms with Crippen LogP contribution >= 0.6 is 15.9 Å². The zero-order valence-electron chi connectivity index (χ0n) is 17.7. The molecule has 1 heterocycles. The number of nitro benzene ring substituents is 1. The van der Waals surface area contributed by atoms with E-state index >= 15 is 0 Å². The van der Waals surface area contributed by atoms with E-state index in [0.717, 1.165) is 25.7 Å². The summed E-state index contributed by atoms with van der Waals surface area (Å²) >= 11 is 3.35. The Bertz CT molecular complexity index is 1250. The summed E-state index contributed by atoms with van der Waals surface area (Å²) in [5.41, 5.74) is 0.719. The number of nitrogens with zero attached hydrogens (tertiary/aromatic N) is 4. The fraction of sp³-hybridized carbons (Fsp3) is 0.348. The van der Waals surface area contributed by atoms with Crippen LogP contribution in [0.15, 0.2) is 50.8 Å². The van der Waals surface area contributed by atoms with Crippen molar-refractivity contribution in [3.05, 3.63) is 72.7 Å². The lowest BCUT2D eigenvalue weighted by Gasteiger charge is -2.22. The second-order valence-corrected chi connectivity index (χ2v) is 8.58. The number of aromatic nitrogens is 2. The summed E-state index contributed by atoms with van der Waals surface area (Å²) in [6.45, 7) is 2.06. The molecule has 0 unspecified atom stereocenters. The highest BCUT2D eigenvalue weighted by atomic mass is 79.9. The Morgan fingerprint density at radius 2 is 2.03 bits per heavy atom. The van der Waals surface area contributed by atoms with E-state index in [1.807, 2.05) is 12.1 Å². The molecule has 0 radical (unpaired) electrons. The SMILES string of the molecule is CCOc1c(Br)cc(C=Nn2c(C3CCCCC3)nc3ccccc3c2=O)cc1[N+](=O)[O-]. The Balaban J connectivity index is 1.82. The highest BCUT2D eigenvalue weighted by Gasteiger charge is 2.23. The van der Waals surface area contributed by atoms with Gasteiger partial charge in [0.05, 0.1) is 33.1 Å². The van der Waals surface area contributed by atoms with Crippen molar-refractivity contribution >= 4 is 38.7 Å². The minimum Gasteiger partial charge on any atom is -0.486 e. The first-order valence-electron chi connectivity index (χ1n) is 10.7. The average molecular weight is 499 g/mol. The summed E-state index contributed by atoms with van der Waals surface area (Å²) in [5.74, 6) is 0.964. The maximum Gasteiger partial charge on any atom is 0.312 e. The van der Waals surface area contributed by atoms with Crippen LogP contribution in [-0.2, 0) is 0 Å². The normalized spacial score (nSPS) is 14.8. The number of benzene rings is 2. The Morgan fingerprint density at radius 3 is 2.75 bits per heavy atom. The van der Waals surface area contributed by atoms with E-state index in [-0.39, 0.29) is 22.9 Å². The van der Waals surface area contributed by atoms with Gasteiger partial charge in [0.1, 0.15) is 5.82 Å². The summed E-state index contributed by atoms with van der Waals surface area (Å²) in [5, 5.41) is 16.5. The van der Waals surface area contributed by atoms with Crippen LogP contribution in [0.3, 0.4) is 0 Å². The lowest BCUT2D eigenvalue weighted by atomic mass is 9.88. The quantitative estimate of drug-likeness (QED) is 0.257. The van der Waals surface area contributed by atoms with E-state index < -0.39 is 4.92 Å². The second-order valence-electron chi connectivity index (χ2n) is 7.72. The highest BCUT2D eigenvalue weighted by Crippen LogP contribution is 2.36. The van der Waals surface area contributed by atoms with E-state index in [1.54, 1.807) is 25.1 Å². The van der Waals surface area contributed by atoms with Gasteiger partial charge >= 0.3 is 5.69 Å². The standard InChI is InChI=1S/C23H23BrN4O4/c1-2-32-21-18(24)12-15(13-20(21)28(30)31)14-25-27-22(16-8-4-3-5-9-16)26-19-11-7-6-10-17(19)23(27)29/h6-7,10-14,16H,2-5,8-9H2,1H3. The van der Waals surface area contributed by atoms with Crippen molar-refractivity contribution in [2.24, 2.45) is 5.10 Å². The fourth-order valence-electron chi connectivity index (χ4n) is 4.10. The van der Waals surface area contributed by atoms with Gasteiger partial charge in [-0.1, -0.05) is 31.4 Å². The predicted octanol–water partition coefficient (Wildman–Crippen LogP) is 5.40. The third-order valence-electron chi connectivity index (χ3n) is 5.60. The first-order chi connectivity index (χ1) is 15.5. The molecular formula is C23H23BrN4O4. The Hall–Kier alpha value is -3.07. The summed E-state index contributed by atoms with van der Waals surface area (Å²) in [6, 6.07) is 10.3. The molecule has 0 aliphatic heterocycles. The number of ether oxygens (including phenoxy) is 1. The molecule has 0 spiro atoms. The molecule has 1 aliphatic carbocycles. The lowest BCUT2D eigenvalue weighted by molar-refractivity contribution is -0.385. The average Bonchev–Trinajstić information content (AvgIpc) is 2.80. The van der Waals surface area contributed by atoms with Crippen molar-refractivity contribution in [3.8, 4) is 5.75 Å². The molecule has 166 valence electrons. The van der Waals surface area contributed by atoms with E-state index in [4.69, 9.17) is 9.72 Å². The first-order valence-corrected chi connectivity index (χ1v) is 11.5. The molecule has 1 saturated carbocycles. The molecule has 1 aromatic heterocycles. The van der Waals surface area contributed by atoms with Gasteiger partial charge in [0, 0.05) is 17.5 Å². The number of hydrogen-bond acceptors (Lipinski definition) is 6. The number of halogens is 1. The molecule has 0 N–H and O–H groups in total. The van der Waals surface area contributed by atoms with Crippen LogP contribution in [0.25, 0.3) is 10.9 Å². The van der Waals surface area contributed by atoms with Crippen molar-refractivity contribution in [2.75, 3.05) is 6.61 Å². The van der Waals surface area contributed by atoms with Crippen LogP contribution < -0.4 is 10.3 Å². The van der Waals surface area contributed by atoms with Crippen LogP contribution in [0.4, 0.5) is 5.69 Å². The first kappa shape index (κ1) is 22.1. The van der Waals surface area contributed by atoms with Gasteiger partial charge in [0.25, 0.3) is 5.56 Å². The monoisotopic (exact) mass is 498 g/mol. The molecule has 1 fully saturated rings. The minimum atomic E-state index is -0.496. The third kappa shape index (κ3) is 4.43. The van der Waals surface area contributed by atoms with Crippen LogP contribution in [0.5, 0.6) is 5.75 Å². The number of fused-ring (bicyclic) bond motifs is 1. The summed E-state index contributed by atoms with van der Waals surface area (Å²) in [4.78, 5) is 29.1. The van der Waals surface area contributed by atoms with Gasteiger partial charge in [-0.05, 0) is 53.9 Å². The fourth-order valence-corrected chi connectivity index (χ4v) is 4.68. The second kappa shape index (κ2) is 9.60. The highest BCUT2D eigenvalue weighted by molar-refractivity contribution is 9.10. The Morgan fingerprint density at radius 1 is 1.28 bits per heavy atom. The topological polar surface area (TPSA) is 99.6 Å². The smallest absolute Gasteiger partial charge is 0.312 e. The molecule has 3 aromatic rings. The Labute approximate surface area is 193 Å². The van der Waals surface area contributed by atoms with Crippen LogP contribution in [0.1, 0.15) is 56.3 Å². The van der Waals surface area contributed by atoms with Gasteiger partial charge in [-0.2, -0.15) is 9.78 Å². The molecule has 8 nitrogen and oxygen atoms in total. The van der Waals surface area contributed by atoms with Gasteiger partial charge in [-0.3, -0.25) is 14.9 Å². The van der Waals surface area contributed by atoms with E-state index in [1.165, 1.54) is 23.4 Å². The van der Waals surface area contributed by atoms with Gasteiger partial charge in [-0.25, -0.2) is 4.98 Å². The van der Waals surface area contributed by atoms with E-state index in [9.17, 15) is 14.9 Å². The summed E-state index contributed by atoms with van der Waals surface area (Å²) < 4.78 is 7.22. The molecule has 0 atom stereocenters. The van der Waals surface area contributed by atoms with Crippen molar-refractivity contribution in [3.63, 3.8) is 0 Å². The van der Waals surface area contributed by atoms with Gasteiger partial charge < -0.3 is 4.74 Å². The molecule has 0 amide bonds. The van der Waals surface area contributed by atoms with Crippen molar-refractivity contribution in [1.29, 1.82) is 0 Å². The van der Waals surface area contributed by atoms with Gasteiger partial charge in [-0.15, -0.1) is 0 Å². The van der Waals surface area contributed by atoms with Gasteiger partial charge in [0.2, 0.25) is 5.75 Å². The van der Waals surface area contributed by atoms with Gasteiger partial charge in [0.15, 0.2) is 0 Å². The van der Waals surface area contributed by atoms with E-state index in [0.29, 0.717) is 33.4 Å². The largest absolute Gasteiger partial charge is 0.486 e. The molecule has 32 heavy (non-hydrogen) atoms. The zero-order chi connectivity index (χ0) is 22.7. The minimum absolute atomic E-state index is 0.152. The van der Waals surface area contributed by atoms with Crippen molar-refractivity contribution in [1.82, 2.24) is 9.66 Å². The molecule has 9 heteroatoms. The van der Waals surface area contributed by atoms with Crippen LogP contribution in [-0.4, -0.2) is 27.4 Å². The molecular weight excluding hydrogens is 476 g/mol. The van der Waals surface area contributed by atoms with Crippen molar-refractivity contribution in [2.45, 2.75) is 44.9 Å². The van der Waals surface area contributed by atoms with E-state index in [2.05, 4.69) is 21.0 Å². The maximum absolute atomic E-state index is 13.3. The summed E-state index contributed by atoms with van der Waals surface area (Å²) in [6.07, 6.45) is 6.74. The number of para-hydroxylation sites is 1. The van der Waals surface area contributed by atoms with Crippen LogP contribution in [0.2, 0.25) is 0 Å². The number of rotatable bonds is 6. The number of hydrogen-bond donors (Lipinski definition) is 0.